The Morgan fingerprint density at radius 3 is 2.35 bits per heavy atom. The maximum atomic E-state index is 13.1. The average molecular weight is 356 g/mol. The first-order valence-electron chi connectivity index (χ1n) is 9.05. The maximum Gasteiger partial charge on any atom is 0.179 e. The van der Waals surface area contributed by atoms with Gasteiger partial charge in [-0.05, 0) is 42.8 Å². The number of piperazine rings is 1. The quantitative estimate of drug-likeness (QED) is 0.740. The van der Waals surface area contributed by atoms with Crippen LogP contribution in [0.3, 0.4) is 0 Å². The number of ketones is 1. The van der Waals surface area contributed by atoms with Gasteiger partial charge in [0.2, 0.25) is 0 Å². The third-order valence-corrected chi connectivity index (χ3v) is 5.00. The lowest BCUT2D eigenvalue weighted by Crippen LogP contribution is -2.52. The third-order valence-electron chi connectivity index (χ3n) is 5.00. The molecule has 1 heterocycles. The van der Waals surface area contributed by atoms with Crippen LogP contribution >= 0.6 is 0 Å². The molecule has 0 bridgehead atoms. The summed E-state index contributed by atoms with van der Waals surface area (Å²) in [6.07, 6.45) is 0.741. The zero-order valence-corrected chi connectivity index (χ0v) is 15.3. The van der Waals surface area contributed by atoms with Gasteiger partial charge in [0.05, 0.1) is 18.8 Å². The SMILES string of the molecule is CCC(C(=O)c1ccc(F)cc1)N1CCN(c2ccccc2OC)CC1. The standard InChI is InChI=1S/C21H25FN2O2/c1-3-18(21(25)16-8-10-17(22)11-9-16)23-12-14-24(15-13-23)19-6-4-5-7-20(19)26-2/h4-11,18H,3,12-15H2,1-2H3. The minimum Gasteiger partial charge on any atom is -0.495 e. The number of ether oxygens (including phenoxy) is 1. The van der Waals surface area contributed by atoms with Gasteiger partial charge in [0.15, 0.2) is 5.78 Å². The van der Waals surface area contributed by atoms with E-state index in [9.17, 15) is 9.18 Å². The molecule has 26 heavy (non-hydrogen) atoms. The van der Waals surface area contributed by atoms with E-state index in [1.165, 1.54) is 12.1 Å². The first kappa shape index (κ1) is 18.4. The van der Waals surface area contributed by atoms with Crippen molar-refractivity contribution in [2.75, 3.05) is 38.2 Å². The molecule has 1 fully saturated rings. The average Bonchev–Trinajstić information content (AvgIpc) is 2.69. The number of methoxy groups -OCH3 is 1. The minimum atomic E-state index is -0.319. The largest absolute Gasteiger partial charge is 0.495 e. The highest BCUT2D eigenvalue weighted by Gasteiger charge is 2.29. The summed E-state index contributed by atoms with van der Waals surface area (Å²) in [5.41, 5.74) is 1.66. The second kappa shape index (κ2) is 8.32. The second-order valence-corrected chi connectivity index (χ2v) is 6.49. The van der Waals surface area contributed by atoms with Crippen molar-refractivity contribution >= 4 is 11.5 Å². The van der Waals surface area contributed by atoms with E-state index in [-0.39, 0.29) is 17.6 Å². The van der Waals surface area contributed by atoms with Gasteiger partial charge in [-0.3, -0.25) is 9.69 Å². The molecule has 1 atom stereocenters. The van der Waals surface area contributed by atoms with Crippen molar-refractivity contribution in [3.63, 3.8) is 0 Å². The van der Waals surface area contributed by atoms with Gasteiger partial charge in [0.25, 0.3) is 0 Å². The van der Waals surface area contributed by atoms with Crippen LogP contribution in [0.5, 0.6) is 5.75 Å². The lowest BCUT2D eigenvalue weighted by Gasteiger charge is -2.39. The van der Waals surface area contributed by atoms with Gasteiger partial charge in [0.1, 0.15) is 11.6 Å². The Kier molecular flexibility index (Phi) is 5.89. The number of halogens is 1. The Hall–Kier alpha value is -2.40. The predicted molar refractivity (Wildman–Crippen MR) is 102 cm³/mol. The molecular formula is C21H25FN2O2. The Balaban J connectivity index is 1.67. The Morgan fingerprint density at radius 1 is 1.08 bits per heavy atom. The smallest absolute Gasteiger partial charge is 0.179 e. The van der Waals surface area contributed by atoms with Gasteiger partial charge in [0, 0.05) is 31.7 Å². The highest BCUT2D eigenvalue weighted by molar-refractivity contribution is 6.00. The summed E-state index contributed by atoms with van der Waals surface area (Å²) in [6, 6.07) is 13.7. The van der Waals surface area contributed by atoms with Gasteiger partial charge < -0.3 is 9.64 Å². The number of nitrogens with zero attached hydrogens (tertiary/aromatic N) is 2. The Morgan fingerprint density at radius 2 is 1.73 bits per heavy atom. The van der Waals surface area contributed by atoms with Crippen LogP contribution < -0.4 is 9.64 Å². The van der Waals surface area contributed by atoms with Crippen LogP contribution in [0.25, 0.3) is 0 Å². The molecule has 0 aromatic heterocycles. The number of Topliss-reactive ketones (excluding diaryl/α,β-unsaturated/α-hetero) is 1. The fourth-order valence-corrected chi connectivity index (χ4v) is 3.58. The molecule has 0 saturated carbocycles. The van der Waals surface area contributed by atoms with Gasteiger partial charge in [-0.15, -0.1) is 0 Å². The summed E-state index contributed by atoms with van der Waals surface area (Å²) >= 11 is 0. The molecule has 0 spiro atoms. The van der Waals surface area contributed by atoms with Crippen molar-refractivity contribution in [3.8, 4) is 5.75 Å². The van der Waals surface area contributed by atoms with Crippen LogP contribution in [-0.4, -0.2) is 50.0 Å². The van der Waals surface area contributed by atoms with Crippen molar-refractivity contribution in [1.82, 2.24) is 4.90 Å². The molecule has 2 aromatic carbocycles. The highest BCUT2D eigenvalue weighted by Crippen LogP contribution is 2.29. The molecule has 2 aromatic rings. The molecule has 1 aliphatic heterocycles. The van der Waals surface area contributed by atoms with Gasteiger partial charge in [-0.1, -0.05) is 19.1 Å². The number of carbonyl (C=O) groups excluding carboxylic acids is 1. The van der Waals surface area contributed by atoms with E-state index in [1.54, 1.807) is 19.2 Å². The highest BCUT2D eigenvalue weighted by atomic mass is 19.1. The first-order valence-corrected chi connectivity index (χ1v) is 9.05. The summed E-state index contributed by atoms with van der Waals surface area (Å²) in [7, 11) is 1.68. The second-order valence-electron chi connectivity index (χ2n) is 6.49. The van der Waals surface area contributed by atoms with E-state index in [4.69, 9.17) is 4.74 Å². The van der Waals surface area contributed by atoms with E-state index >= 15 is 0 Å². The summed E-state index contributed by atoms with van der Waals surface area (Å²) in [5, 5.41) is 0. The molecule has 5 heteroatoms. The van der Waals surface area contributed by atoms with Crippen molar-refractivity contribution in [1.29, 1.82) is 0 Å². The molecule has 0 aliphatic carbocycles. The molecule has 3 rings (SSSR count). The number of anilines is 1. The summed E-state index contributed by atoms with van der Waals surface area (Å²) < 4.78 is 18.6. The van der Waals surface area contributed by atoms with Crippen LogP contribution in [0.4, 0.5) is 10.1 Å². The van der Waals surface area contributed by atoms with Crippen LogP contribution in [-0.2, 0) is 0 Å². The van der Waals surface area contributed by atoms with Gasteiger partial charge >= 0.3 is 0 Å². The molecular weight excluding hydrogens is 331 g/mol. The fraction of sp³-hybridized carbons (Fsp3) is 0.381. The van der Waals surface area contributed by atoms with E-state index < -0.39 is 0 Å². The molecule has 4 nitrogen and oxygen atoms in total. The van der Waals surface area contributed by atoms with Gasteiger partial charge in [-0.2, -0.15) is 0 Å². The summed E-state index contributed by atoms with van der Waals surface area (Å²) in [4.78, 5) is 17.4. The lowest BCUT2D eigenvalue weighted by molar-refractivity contribution is 0.0801. The lowest BCUT2D eigenvalue weighted by atomic mass is 10.00. The molecule has 0 N–H and O–H groups in total. The zero-order valence-electron chi connectivity index (χ0n) is 15.3. The van der Waals surface area contributed by atoms with Crippen molar-refractivity contribution in [2.45, 2.75) is 19.4 Å². The fourth-order valence-electron chi connectivity index (χ4n) is 3.58. The van der Waals surface area contributed by atoms with Crippen LogP contribution in [0.2, 0.25) is 0 Å². The first-order chi connectivity index (χ1) is 12.6. The number of rotatable bonds is 6. The Bertz CT molecular complexity index is 740. The number of carbonyl (C=O) groups is 1. The molecule has 1 aliphatic rings. The van der Waals surface area contributed by atoms with Crippen LogP contribution in [0.1, 0.15) is 23.7 Å². The molecule has 0 amide bonds. The summed E-state index contributed by atoms with van der Waals surface area (Å²) in [5.74, 6) is 0.619. The van der Waals surface area contributed by atoms with Gasteiger partial charge in [-0.25, -0.2) is 4.39 Å². The van der Waals surface area contributed by atoms with Crippen LogP contribution in [0.15, 0.2) is 48.5 Å². The number of hydrogen-bond acceptors (Lipinski definition) is 4. The van der Waals surface area contributed by atoms with E-state index in [1.807, 2.05) is 25.1 Å². The maximum absolute atomic E-state index is 13.1. The minimum absolute atomic E-state index is 0.0678. The zero-order chi connectivity index (χ0) is 18.5. The van der Waals surface area contributed by atoms with Crippen molar-refractivity contribution < 1.29 is 13.9 Å². The third kappa shape index (κ3) is 3.88. The normalized spacial score (nSPS) is 16.3. The molecule has 1 unspecified atom stereocenters. The van der Waals surface area contributed by atoms with Crippen molar-refractivity contribution in [3.05, 3.63) is 59.9 Å². The van der Waals surface area contributed by atoms with E-state index in [2.05, 4.69) is 15.9 Å². The van der Waals surface area contributed by atoms with Crippen molar-refractivity contribution in [2.24, 2.45) is 0 Å². The molecule has 138 valence electrons. The van der Waals surface area contributed by atoms with E-state index in [0.717, 1.165) is 44.0 Å². The van der Waals surface area contributed by atoms with E-state index in [0.29, 0.717) is 5.56 Å². The monoisotopic (exact) mass is 356 g/mol. The number of hydrogen-bond donors (Lipinski definition) is 0. The topological polar surface area (TPSA) is 32.8 Å². The summed E-state index contributed by atoms with van der Waals surface area (Å²) in [6.45, 7) is 5.33. The predicted octanol–water partition coefficient (Wildman–Crippen LogP) is 3.62. The number of benzene rings is 2. The molecule has 1 saturated heterocycles. The van der Waals surface area contributed by atoms with Crippen LogP contribution in [0, 0.1) is 5.82 Å². The Labute approximate surface area is 154 Å². The number of para-hydroxylation sites is 2. The molecule has 0 radical (unpaired) electrons.